The lowest BCUT2D eigenvalue weighted by Crippen LogP contribution is -2.33. The molecule has 1 unspecified atom stereocenters. The molecule has 1 rings (SSSR count). The number of thiophene rings is 1. The summed E-state index contributed by atoms with van der Waals surface area (Å²) < 4.78 is 27.5. The number of unbranched alkanes of at least 4 members (excludes halogenated alkanes) is 3. The SMILES string of the molecule is CCCCCCC(C)NS(=O)(=O)c1c(C)csc1CO. The van der Waals surface area contributed by atoms with Crippen molar-refractivity contribution in [1.29, 1.82) is 0 Å². The van der Waals surface area contributed by atoms with Crippen molar-refractivity contribution in [1.82, 2.24) is 4.72 Å². The number of hydrogen-bond donors (Lipinski definition) is 2. The minimum atomic E-state index is -3.53. The Morgan fingerprint density at radius 1 is 1.35 bits per heavy atom. The van der Waals surface area contributed by atoms with E-state index in [-0.39, 0.29) is 17.5 Å². The number of aliphatic hydroxyl groups excluding tert-OH is 1. The third-order valence-electron chi connectivity index (χ3n) is 3.25. The van der Waals surface area contributed by atoms with Gasteiger partial charge in [0.1, 0.15) is 4.90 Å². The second-order valence-electron chi connectivity index (χ2n) is 5.20. The van der Waals surface area contributed by atoms with E-state index in [1.165, 1.54) is 24.2 Å². The molecule has 0 aliphatic rings. The minimum absolute atomic E-state index is 0.0808. The van der Waals surface area contributed by atoms with Gasteiger partial charge in [0.05, 0.1) is 11.5 Å². The van der Waals surface area contributed by atoms with E-state index in [2.05, 4.69) is 11.6 Å². The first kappa shape index (κ1) is 17.6. The van der Waals surface area contributed by atoms with Crippen LogP contribution in [0, 0.1) is 6.92 Å². The van der Waals surface area contributed by atoms with Gasteiger partial charge >= 0.3 is 0 Å². The predicted molar refractivity (Wildman–Crippen MR) is 83.5 cm³/mol. The molecular formula is C14H25NO3S2. The van der Waals surface area contributed by atoms with Gasteiger partial charge in [-0.2, -0.15) is 0 Å². The van der Waals surface area contributed by atoms with Crippen molar-refractivity contribution < 1.29 is 13.5 Å². The van der Waals surface area contributed by atoms with Crippen molar-refractivity contribution in [3.05, 3.63) is 15.8 Å². The molecule has 0 fully saturated rings. The van der Waals surface area contributed by atoms with E-state index in [0.717, 1.165) is 19.3 Å². The van der Waals surface area contributed by atoms with Crippen molar-refractivity contribution in [2.75, 3.05) is 0 Å². The van der Waals surface area contributed by atoms with E-state index in [0.29, 0.717) is 10.4 Å². The highest BCUT2D eigenvalue weighted by molar-refractivity contribution is 7.89. The predicted octanol–water partition coefficient (Wildman–Crippen LogP) is 3.19. The van der Waals surface area contributed by atoms with Crippen LogP contribution in [0.4, 0.5) is 0 Å². The Hall–Kier alpha value is -0.430. The molecule has 1 aromatic heterocycles. The summed E-state index contributed by atoms with van der Waals surface area (Å²) in [5.74, 6) is 0. The molecule has 0 amide bonds. The van der Waals surface area contributed by atoms with Crippen molar-refractivity contribution in [3.8, 4) is 0 Å². The van der Waals surface area contributed by atoms with Crippen LogP contribution in [0.25, 0.3) is 0 Å². The van der Waals surface area contributed by atoms with Gasteiger partial charge in [0.25, 0.3) is 0 Å². The summed E-state index contributed by atoms with van der Waals surface area (Å²) in [6, 6.07) is -0.0808. The summed E-state index contributed by atoms with van der Waals surface area (Å²) in [6.07, 6.45) is 5.39. The number of aliphatic hydroxyl groups is 1. The van der Waals surface area contributed by atoms with Gasteiger partial charge < -0.3 is 5.11 Å². The van der Waals surface area contributed by atoms with Gasteiger partial charge in [-0.1, -0.05) is 32.6 Å². The highest BCUT2D eigenvalue weighted by Gasteiger charge is 2.24. The summed E-state index contributed by atoms with van der Waals surface area (Å²) in [6.45, 7) is 5.57. The normalized spacial score (nSPS) is 13.6. The Morgan fingerprint density at radius 2 is 2.05 bits per heavy atom. The first-order valence-corrected chi connectivity index (χ1v) is 9.48. The van der Waals surface area contributed by atoms with Crippen LogP contribution in [-0.4, -0.2) is 19.6 Å². The topological polar surface area (TPSA) is 66.4 Å². The number of rotatable bonds is 9. The number of hydrogen-bond acceptors (Lipinski definition) is 4. The summed E-state index contributed by atoms with van der Waals surface area (Å²) in [5.41, 5.74) is 0.699. The second-order valence-corrected chi connectivity index (χ2v) is 7.82. The molecule has 0 saturated carbocycles. The molecule has 0 saturated heterocycles. The van der Waals surface area contributed by atoms with Crippen LogP contribution in [0.1, 0.15) is 56.4 Å². The summed E-state index contributed by atoms with van der Waals surface area (Å²) in [5, 5.41) is 11.0. The zero-order chi connectivity index (χ0) is 15.2. The zero-order valence-electron chi connectivity index (χ0n) is 12.5. The van der Waals surface area contributed by atoms with Crippen LogP contribution in [0.15, 0.2) is 10.3 Å². The fourth-order valence-electron chi connectivity index (χ4n) is 2.22. The van der Waals surface area contributed by atoms with Gasteiger partial charge in [0.15, 0.2) is 0 Å². The first-order chi connectivity index (χ1) is 9.42. The molecule has 0 radical (unpaired) electrons. The van der Waals surface area contributed by atoms with E-state index >= 15 is 0 Å². The lowest BCUT2D eigenvalue weighted by Gasteiger charge is -2.15. The standard InChI is InChI=1S/C14H25NO3S2/c1-4-5-6-7-8-12(3)15-20(17,18)14-11(2)10-19-13(14)9-16/h10,12,15-16H,4-9H2,1-3H3. The second kappa shape index (κ2) is 8.12. The fraction of sp³-hybridized carbons (Fsp3) is 0.714. The maximum absolute atomic E-state index is 12.4. The smallest absolute Gasteiger partial charge is 0.242 e. The molecule has 1 aromatic rings. The van der Waals surface area contributed by atoms with Crippen molar-refractivity contribution in [2.24, 2.45) is 0 Å². The molecule has 0 aromatic carbocycles. The molecule has 20 heavy (non-hydrogen) atoms. The number of nitrogens with one attached hydrogen (secondary N) is 1. The maximum atomic E-state index is 12.4. The van der Waals surface area contributed by atoms with Crippen LogP contribution >= 0.6 is 11.3 Å². The van der Waals surface area contributed by atoms with E-state index in [1.54, 1.807) is 12.3 Å². The Labute approximate surface area is 126 Å². The molecule has 116 valence electrons. The fourth-order valence-corrected chi connectivity index (χ4v) is 5.16. The van der Waals surface area contributed by atoms with Crippen LogP contribution in [0.5, 0.6) is 0 Å². The molecule has 0 aliphatic carbocycles. The highest BCUT2D eigenvalue weighted by Crippen LogP contribution is 2.27. The highest BCUT2D eigenvalue weighted by atomic mass is 32.2. The Balaban J connectivity index is 2.67. The monoisotopic (exact) mass is 319 g/mol. The Morgan fingerprint density at radius 3 is 2.65 bits per heavy atom. The van der Waals surface area contributed by atoms with Gasteiger partial charge in [0, 0.05) is 6.04 Å². The van der Waals surface area contributed by atoms with Gasteiger partial charge in [-0.25, -0.2) is 13.1 Å². The first-order valence-electron chi connectivity index (χ1n) is 7.12. The average molecular weight is 319 g/mol. The van der Waals surface area contributed by atoms with Gasteiger partial charge in [-0.15, -0.1) is 11.3 Å². The summed E-state index contributed by atoms with van der Waals surface area (Å²) in [7, 11) is -3.53. The lowest BCUT2D eigenvalue weighted by molar-refractivity contribution is 0.282. The number of sulfonamides is 1. The van der Waals surface area contributed by atoms with Gasteiger partial charge in [-0.3, -0.25) is 0 Å². The maximum Gasteiger partial charge on any atom is 0.242 e. The molecular weight excluding hydrogens is 294 g/mol. The van der Waals surface area contributed by atoms with E-state index in [9.17, 15) is 13.5 Å². The zero-order valence-corrected chi connectivity index (χ0v) is 14.1. The molecule has 0 bridgehead atoms. The van der Waals surface area contributed by atoms with Crippen molar-refractivity contribution in [2.45, 2.75) is 70.4 Å². The molecule has 1 heterocycles. The lowest BCUT2D eigenvalue weighted by atomic mass is 10.1. The summed E-state index contributed by atoms with van der Waals surface area (Å²) in [4.78, 5) is 0.763. The largest absolute Gasteiger partial charge is 0.391 e. The van der Waals surface area contributed by atoms with Crippen LogP contribution < -0.4 is 4.72 Å². The van der Waals surface area contributed by atoms with E-state index in [4.69, 9.17) is 0 Å². The molecule has 4 nitrogen and oxygen atoms in total. The minimum Gasteiger partial charge on any atom is -0.391 e. The third-order valence-corrected chi connectivity index (χ3v) is 6.29. The Bertz CT molecular complexity index is 508. The van der Waals surface area contributed by atoms with Gasteiger partial charge in [0.2, 0.25) is 10.0 Å². The summed E-state index contributed by atoms with van der Waals surface area (Å²) >= 11 is 1.29. The molecule has 1 atom stereocenters. The van der Waals surface area contributed by atoms with Crippen LogP contribution in [0.2, 0.25) is 0 Å². The van der Waals surface area contributed by atoms with Crippen molar-refractivity contribution in [3.63, 3.8) is 0 Å². The molecule has 2 N–H and O–H groups in total. The Kier molecular flexibility index (Phi) is 7.15. The van der Waals surface area contributed by atoms with E-state index < -0.39 is 10.0 Å². The van der Waals surface area contributed by atoms with Crippen molar-refractivity contribution >= 4 is 21.4 Å². The third kappa shape index (κ3) is 4.84. The molecule has 6 heteroatoms. The van der Waals surface area contributed by atoms with E-state index in [1.807, 2.05) is 6.92 Å². The average Bonchev–Trinajstić information content (AvgIpc) is 2.76. The molecule has 0 aliphatic heterocycles. The number of aryl methyl sites for hydroxylation is 1. The van der Waals surface area contributed by atoms with Gasteiger partial charge in [-0.05, 0) is 31.2 Å². The quantitative estimate of drug-likeness (QED) is 0.687. The molecule has 0 spiro atoms. The van der Waals surface area contributed by atoms with Crippen LogP contribution in [0.3, 0.4) is 0 Å². The van der Waals surface area contributed by atoms with Crippen LogP contribution in [-0.2, 0) is 16.6 Å².